The lowest BCUT2D eigenvalue weighted by atomic mass is 9.64. The van der Waals surface area contributed by atoms with Gasteiger partial charge >= 0.3 is 0 Å². The van der Waals surface area contributed by atoms with Crippen LogP contribution in [0.1, 0.15) is 76.5 Å². The number of aromatic nitrogens is 3. The van der Waals surface area contributed by atoms with Crippen LogP contribution < -0.4 is 15.4 Å². The van der Waals surface area contributed by atoms with E-state index in [-0.39, 0.29) is 11.3 Å². The standard InChI is InChI=1S/C36H44N6O2/c1-3-10-26(2)11-7-8-15-32(43)41-20-18-36(24-41)21-27(22-36)42-19-9-14-30(33-34(37)39-25-40-35(33)42)31-17-16-29(23-38-31)44-28-12-5-4-6-13-28/h4-6,8,12-17,23,25-27H,3,7,9-11,18-22,24H2,1-2H3,(H2,37,39,40). The van der Waals surface area contributed by atoms with Gasteiger partial charge in [-0.1, -0.05) is 57.0 Å². The molecule has 2 aromatic heterocycles. The zero-order valence-corrected chi connectivity index (χ0v) is 26.0. The smallest absolute Gasteiger partial charge is 0.246 e. The van der Waals surface area contributed by atoms with Crippen molar-refractivity contribution in [3.8, 4) is 11.5 Å². The number of benzene rings is 1. The van der Waals surface area contributed by atoms with Crippen molar-refractivity contribution in [2.75, 3.05) is 30.3 Å². The van der Waals surface area contributed by atoms with Gasteiger partial charge < -0.3 is 20.3 Å². The number of pyridine rings is 1. The second-order valence-corrected chi connectivity index (χ2v) is 12.8. The second-order valence-electron chi connectivity index (χ2n) is 12.8. The average Bonchev–Trinajstić information content (AvgIpc) is 3.38. The number of hydrogen-bond acceptors (Lipinski definition) is 7. The van der Waals surface area contributed by atoms with Crippen molar-refractivity contribution < 1.29 is 9.53 Å². The van der Waals surface area contributed by atoms with Crippen LogP contribution in [0, 0.1) is 11.3 Å². The van der Waals surface area contributed by atoms with Gasteiger partial charge in [0.25, 0.3) is 0 Å². The van der Waals surface area contributed by atoms with Crippen LogP contribution in [-0.4, -0.2) is 51.4 Å². The zero-order chi connectivity index (χ0) is 30.5. The molecule has 1 amide bonds. The molecule has 230 valence electrons. The summed E-state index contributed by atoms with van der Waals surface area (Å²) in [4.78, 5) is 31.3. The number of ether oxygens (including phenoxy) is 1. The highest BCUT2D eigenvalue weighted by atomic mass is 16.5. The largest absolute Gasteiger partial charge is 0.456 e. The van der Waals surface area contributed by atoms with Gasteiger partial charge in [-0.25, -0.2) is 9.97 Å². The lowest BCUT2D eigenvalue weighted by Crippen LogP contribution is -2.53. The summed E-state index contributed by atoms with van der Waals surface area (Å²) in [6.07, 6.45) is 18.0. The predicted molar refractivity (Wildman–Crippen MR) is 175 cm³/mol. The summed E-state index contributed by atoms with van der Waals surface area (Å²) in [5.74, 6) is 3.66. The van der Waals surface area contributed by atoms with E-state index >= 15 is 0 Å². The molecule has 1 aliphatic carbocycles. The summed E-state index contributed by atoms with van der Waals surface area (Å²) in [5.41, 5.74) is 9.33. The maximum atomic E-state index is 12.9. The van der Waals surface area contributed by atoms with Crippen molar-refractivity contribution in [2.24, 2.45) is 11.3 Å². The molecule has 8 heteroatoms. The van der Waals surface area contributed by atoms with Crippen LogP contribution >= 0.6 is 0 Å². The van der Waals surface area contributed by atoms with Gasteiger partial charge in [0.2, 0.25) is 5.91 Å². The second kappa shape index (κ2) is 13.2. The molecular formula is C36H44N6O2. The van der Waals surface area contributed by atoms with Gasteiger partial charge in [-0.05, 0) is 80.2 Å². The van der Waals surface area contributed by atoms with Crippen LogP contribution in [0.25, 0.3) is 5.57 Å². The van der Waals surface area contributed by atoms with Crippen LogP contribution in [0.5, 0.6) is 11.5 Å². The molecule has 3 aromatic rings. The highest BCUT2D eigenvalue weighted by Crippen LogP contribution is 2.52. The lowest BCUT2D eigenvalue weighted by Gasteiger charge is -2.50. The Labute approximate surface area is 261 Å². The quantitative estimate of drug-likeness (QED) is 0.252. The van der Waals surface area contributed by atoms with E-state index in [1.807, 2.05) is 42.5 Å². The number of anilines is 2. The van der Waals surface area contributed by atoms with E-state index in [0.717, 1.165) is 86.6 Å². The van der Waals surface area contributed by atoms with E-state index in [1.165, 1.54) is 12.8 Å². The van der Waals surface area contributed by atoms with E-state index in [9.17, 15) is 4.79 Å². The maximum Gasteiger partial charge on any atom is 0.246 e. The van der Waals surface area contributed by atoms with E-state index < -0.39 is 0 Å². The SMILES string of the molecule is CCCC(C)CCC=CC(=O)N1CCC2(CC(N3CCC=C(c4ccc(Oc5ccccc5)cn4)c4c(N)ncnc43)C2)C1. The third-order valence-electron chi connectivity index (χ3n) is 9.50. The molecule has 1 spiro atoms. The summed E-state index contributed by atoms with van der Waals surface area (Å²) < 4.78 is 5.95. The molecule has 1 atom stereocenters. The molecule has 3 aliphatic rings. The minimum Gasteiger partial charge on any atom is -0.456 e. The van der Waals surface area contributed by atoms with Crippen molar-refractivity contribution in [3.05, 3.63) is 84.5 Å². The van der Waals surface area contributed by atoms with Gasteiger partial charge in [-0.15, -0.1) is 0 Å². The van der Waals surface area contributed by atoms with Crippen LogP contribution in [0.3, 0.4) is 0 Å². The van der Waals surface area contributed by atoms with Crippen molar-refractivity contribution in [1.82, 2.24) is 19.9 Å². The number of para-hydroxylation sites is 1. The lowest BCUT2D eigenvalue weighted by molar-refractivity contribution is -0.125. The summed E-state index contributed by atoms with van der Waals surface area (Å²) in [7, 11) is 0. The Kier molecular flexibility index (Phi) is 8.96. The average molecular weight is 593 g/mol. The highest BCUT2D eigenvalue weighted by Gasteiger charge is 2.51. The molecule has 44 heavy (non-hydrogen) atoms. The normalized spacial score (nSPS) is 22.0. The molecular weight excluding hydrogens is 548 g/mol. The molecule has 1 saturated carbocycles. The summed E-state index contributed by atoms with van der Waals surface area (Å²) >= 11 is 0. The van der Waals surface area contributed by atoms with Crippen molar-refractivity contribution in [3.63, 3.8) is 0 Å². The van der Waals surface area contributed by atoms with Crippen LogP contribution in [-0.2, 0) is 4.79 Å². The molecule has 6 rings (SSSR count). The topological polar surface area (TPSA) is 97.5 Å². The van der Waals surface area contributed by atoms with Gasteiger partial charge in [-0.3, -0.25) is 9.78 Å². The molecule has 1 unspecified atom stereocenters. The predicted octanol–water partition coefficient (Wildman–Crippen LogP) is 7.04. The number of hydrogen-bond donors (Lipinski definition) is 1. The first-order chi connectivity index (χ1) is 21.4. The van der Waals surface area contributed by atoms with Crippen LogP contribution in [0.4, 0.5) is 11.6 Å². The summed E-state index contributed by atoms with van der Waals surface area (Å²) in [6.45, 7) is 7.07. The first-order valence-corrected chi connectivity index (χ1v) is 16.2. The Hall–Kier alpha value is -4.20. The number of allylic oxidation sites excluding steroid dienone is 1. The molecule has 8 nitrogen and oxygen atoms in total. The van der Waals surface area contributed by atoms with E-state index in [4.69, 9.17) is 20.4 Å². The molecule has 4 heterocycles. The minimum absolute atomic E-state index is 0.163. The van der Waals surface area contributed by atoms with E-state index in [1.54, 1.807) is 18.6 Å². The van der Waals surface area contributed by atoms with Gasteiger partial charge in [0, 0.05) is 31.2 Å². The number of rotatable bonds is 10. The molecule has 2 fully saturated rings. The third kappa shape index (κ3) is 6.49. The van der Waals surface area contributed by atoms with Gasteiger partial charge in [-0.2, -0.15) is 0 Å². The molecule has 1 aromatic carbocycles. The monoisotopic (exact) mass is 592 g/mol. The number of nitrogens with zero attached hydrogens (tertiary/aromatic N) is 5. The van der Waals surface area contributed by atoms with Crippen LogP contribution in [0.15, 0.2) is 73.2 Å². The Morgan fingerprint density at radius 2 is 1.93 bits per heavy atom. The van der Waals surface area contributed by atoms with Gasteiger partial charge in [0.15, 0.2) is 0 Å². The zero-order valence-electron chi connectivity index (χ0n) is 26.0. The Bertz CT molecular complexity index is 1500. The Balaban J connectivity index is 1.10. The van der Waals surface area contributed by atoms with Crippen molar-refractivity contribution in [1.29, 1.82) is 0 Å². The molecule has 0 bridgehead atoms. The number of nitrogens with two attached hydrogens (primary N) is 1. The molecule has 2 N–H and O–H groups in total. The molecule has 0 radical (unpaired) electrons. The van der Waals surface area contributed by atoms with E-state index in [0.29, 0.717) is 23.5 Å². The third-order valence-corrected chi connectivity index (χ3v) is 9.50. The minimum atomic E-state index is 0.163. The fourth-order valence-electron chi connectivity index (χ4n) is 7.16. The van der Waals surface area contributed by atoms with Crippen molar-refractivity contribution in [2.45, 2.75) is 71.3 Å². The first kappa shape index (κ1) is 29.9. The Morgan fingerprint density at radius 1 is 1.09 bits per heavy atom. The number of likely N-dealkylation sites (tertiary alicyclic amines) is 1. The van der Waals surface area contributed by atoms with Gasteiger partial charge in [0.05, 0.1) is 17.5 Å². The highest BCUT2D eigenvalue weighted by molar-refractivity contribution is 5.90. The first-order valence-electron chi connectivity index (χ1n) is 16.2. The number of fused-ring (bicyclic) bond motifs is 1. The van der Waals surface area contributed by atoms with Gasteiger partial charge in [0.1, 0.15) is 29.5 Å². The van der Waals surface area contributed by atoms with Crippen molar-refractivity contribution >= 4 is 23.1 Å². The Morgan fingerprint density at radius 3 is 2.70 bits per heavy atom. The number of amides is 1. The summed E-state index contributed by atoms with van der Waals surface area (Å²) in [5, 5.41) is 0. The molecule has 1 saturated heterocycles. The maximum absolute atomic E-state index is 12.9. The van der Waals surface area contributed by atoms with E-state index in [2.05, 4.69) is 40.8 Å². The fraction of sp³-hybridized carbons (Fsp3) is 0.444. The summed E-state index contributed by atoms with van der Waals surface area (Å²) in [6, 6.07) is 14.0. The fourth-order valence-corrected chi connectivity index (χ4v) is 7.16. The number of carbonyl (C=O) groups excluding carboxylic acids is 1. The van der Waals surface area contributed by atoms with Crippen LogP contribution in [0.2, 0.25) is 0 Å². The molecule has 2 aliphatic heterocycles. The number of nitrogen functional groups attached to an aromatic ring is 1. The number of carbonyl (C=O) groups is 1.